The number of amides is 1. The van der Waals surface area contributed by atoms with Crippen molar-refractivity contribution in [2.24, 2.45) is 0 Å². The molecule has 5 nitrogen and oxygen atoms in total. The largest absolute Gasteiger partial charge is 0.341 e. The summed E-state index contributed by atoms with van der Waals surface area (Å²) < 4.78 is 40.2. The molecule has 0 spiro atoms. The maximum atomic E-state index is 13.0. The van der Waals surface area contributed by atoms with Gasteiger partial charge >= 0.3 is 0 Å². The first kappa shape index (κ1) is 23.1. The topological polar surface area (TPSA) is 66.5 Å². The highest BCUT2D eigenvalue weighted by atomic mass is 35.5. The van der Waals surface area contributed by atoms with E-state index in [2.05, 4.69) is 4.72 Å². The van der Waals surface area contributed by atoms with Crippen molar-refractivity contribution >= 4 is 44.8 Å². The van der Waals surface area contributed by atoms with Gasteiger partial charge in [-0.25, -0.2) is 12.8 Å². The van der Waals surface area contributed by atoms with Crippen LogP contribution in [-0.4, -0.2) is 26.3 Å². The Bertz CT molecular complexity index is 1180. The third-order valence-electron chi connectivity index (χ3n) is 4.55. The Kier molecular flexibility index (Phi) is 7.20. The molecule has 0 saturated heterocycles. The fourth-order valence-electron chi connectivity index (χ4n) is 2.84. The average Bonchev–Trinajstić information content (AvgIpc) is 2.73. The van der Waals surface area contributed by atoms with Crippen LogP contribution in [0.15, 0.2) is 71.6 Å². The van der Waals surface area contributed by atoms with E-state index >= 15 is 0 Å². The van der Waals surface area contributed by atoms with Crippen molar-refractivity contribution < 1.29 is 17.6 Å². The molecule has 0 radical (unpaired) electrons. The van der Waals surface area contributed by atoms with Gasteiger partial charge in [-0.3, -0.25) is 9.52 Å². The van der Waals surface area contributed by atoms with E-state index in [9.17, 15) is 17.6 Å². The number of anilines is 1. The fraction of sp³-hybridized carbons (Fsp3) is 0.136. The van der Waals surface area contributed by atoms with Gasteiger partial charge < -0.3 is 4.90 Å². The summed E-state index contributed by atoms with van der Waals surface area (Å²) in [4.78, 5) is 14.0. The van der Waals surface area contributed by atoms with Gasteiger partial charge in [-0.2, -0.15) is 0 Å². The van der Waals surface area contributed by atoms with Gasteiger partial charge in [0.15, 0.2) is 0 Å². The van der Waals surface area contributed by atoms with Crippen LogP contribution in [0.1, 0.15) is 11.1 Å². The van der Waals surface area contributed by atoms with Crippen LogP contribution in [0.2, 0.25) is 10.0 Å². The number of hydrogen-bond donors (Lipinski definition) is 1. The van der Waals surface area contributed by atoms with Crippen LogP contribution < -0.4 is 4.72 Å². The second-order valence-corrected chi connectivity index (χ2v) is 9.36. The molecule has 31 heavy (non-hydrogen) atoms. The Morgan fingerprint density at radius 1 is 1.00 bits per heavy atom. The highest BCUT2D eigenvalue weighted by molar-refractivity contribution is 7.92. The van der Waals surface area contributed by atoms with Gasteiger partial charge in [0.2, 0.25) is 5.91 Å². The first-order valence-corrected chi connectivity index (χ1v) is 11.4. The van der Waals surface area contributed by atoms with Crippen LogP contribution in [0.5, 0.6) is 0 Å². The zero-order valence-electron chi connectivity index (χ0n) is 16.5. The maximum Gasteiger partial charge on any atom is 0.261 e. The van der Waals surface area contributed by atoms with Crippen molar-refractivity contribution in [1.29, 1.82) is 0 Å². The van der Waals surface area contributed by atoms with Crippen molar-refractivity contribution in [3.8, 4) is 0 Å². The van der Waals surface area contributed by atoms with Crippen LogP contribution in [-0.2, 0) is 27.8 Å². The SMILES string of the molecule is CN(Cc1cccc(Cl)c1Cl)C(=O)Cc1ccc(NS(=O)(=O)c2ccc(F)cc2)cc1. The lowest BCUT2D eigenvalue weighted by Crippen LogP contribution is -2.27. The Balaban J connectivity index is 1.62. The summed E-state index contributed by atoms with van der Waals surface area (Å²) in [5, 5.41) is 0.848. The van der Waals surface area contributed by atoms with E-state index in [-0.39, 0.29) is 17.2 Å². The molecule has 0 aliphatic carbocycles. The quantitative estimate of drug-likeness (QED) is 0.509. The summed E-state index contributed by atoms with van der Waals surface area (Å²) in [6.45, 7) is 0.313. The molecule has 1 amide bonds. The summed E-state index contributed by atoms with van der Waals surface area (Å²) in [5.41, 5.74) is 1.80. The number of likely N-dealkylation sites (N-methyl/N-ethyl adjacent to an activating group) is 1. The Labute approximate surface area is 190 Å². The number of benzene rings is 3. The van der Waals surface area contributed by atoms with Crippen LogP contribution in [0.25, 0.3) is 0 Å². The van der Waals surface area contributed by atoms with Gasteiger partial charge in [0.05, 0.1) is 21.4 Å². The third-order valence-corrected chi connectivity index (χ3v) is 6.81. The molecule has 0 fully saturated rings. The molecule has 3 rings (SSSR count). The molecule has 3 aromatic carbocycles. The zero-order chi connectivity index (χ0) is 22.6. The standard InChI is InChI=1S/C22H19Cl2FN2O3S/c1-27(14-16-3-2-4-20(23)22(16)24)21(28)13-15-5-9-18(10-6-15)26-31(29,30)19-11-7-17(25)8-12-19/h2-12,26H,13-14H2,1H3. The molecule has 162 valence electrons. The van der Waals surface area contributed by atoms with Crippen molar-refractivity contribution in [3.63, 3.8) is 0 Å². The van der Waals surface area contributed by atoms with Gasteiger partial charge in [-0.1, -0.05) is 47.5 Å². The number of hydrogen-bond acceptors (Lipinski definition) is 3. The van der Waals surface area contributed by atoms with E-state index in [1.54, 1.807) is 54.4 Å². The number of sulfonamides is 1. The molecule has 0 atom stereocenters. The molecule has 1 N–H and O–H groups in total. The molecule has 3 aromatic rings. The van der Waals surface area contributed by atoms with Crippen LogP contribution in [0, 0.1) is 5.82 Å². The minimum Gasteiger partial charge on any atom is -0.341 e. The van der Waals surface area contributed by atoms with Gasteiger partial charge in [0.1, 0.15) is 5.82 Å². The average molecular weight is 481 g/mol. The lowest BCUT2D eigenvalue weighted by molar-refractivity contribution is -0.129. The lowest BCUT2D eigenvalue weighted by atomic mass is 10.1. The highest BCUT2D eigenvalue weighted by Gasteiger charge is 2.15. The molecule has 0 bridgehead atoms. The maximum absolute atomic E-state index is 13.0. The molecule has 0 aromatic heterocycles. The minimum atomic E-state index is -3.84. The number of nitrogens with one attached hydrogen (secondary N) is 1. The third kappa shape index (κ3) is 5.97. The van der Waals surface area contributed by atoms with E-state index in [4.69, 9.17) is 23.2 Å². The van der Waals surface area contributed by atoms with E-state index in [0.717, 1.165) is 23.3 Å². The summed E-state index contributed by atoms with van der Waals surface area (Å²) in [5.74, 6) is -0.647. The number of rotatable bonds is 7. The summed E-state index contributed by atoms with van der Waals surface area (Å²) >= 11 is 12.2. The Morgan fingerprint density at radius 2 is 1.65 bits per heavy atom. The van der Waals surface area contributed by atoms with E-state index in [0.29, 0.717) is 22.3 Å². The molecular formula is C22H19Cl2FN2O3S. The van der Waals surface area contributed by atoms with Gasteiger partial charge in [0.25, 0.3) is 10.0 Å². The number of halogens is 3. The van der Waals surface area contributed by atoms with E-state index in [1.807, 2.05) is 0 Å². The van der Waals surface area contributed by atoms with Gasteiger partial charge in [-0.05, 0) is 53.6 Å². The number of nitrogens with zero attached hydrogens (tertiary/aromatic N) is 1. The van der Waals surface area contributed by atoms with Crippen LogP contribution in [0.3, 0.4) is 0 Å². The van der Waals surface area contributed by atoms with Crippen LogP contribution >= 0.6 is 23.2 Å². The summed E-state index contributed by atoms with van der Waals surface area (Å²) in [6, 6.07) is 16.3. The smallest absolute Gasteiger partial charge is 0.261 e. The summed E-state index contributed by atoms with van der Waals surface area (Å²) in [7, 11) is -2.17. The first-order chi connectivity index (χ1) is 14.7. The molecule has 0 unspecified atom stereocenters. The lowest BCUT2D eigenvalue weighted by Gasteiger charge is -2.18. The Morgan fingerprint density at radius 3 is 2.29 bits per heavy atom. The van der Waals surface area contributed by atoms with E-state index < -0.39 is 15.8 Å². The molecule has 0 saturated carbocycles. The summed E-state index contributed by atoms with van der Waals surface area (Å²) in [6.07, 6.45) is 0.139. The molecule has 9 heteroatoms. The number of carbonyl (C=O) groups excluding carboxylic acids is 1. The van der Waals surface area contributed by atoms with Gasteiger partial charge in [-0.15, -0.1) is 0 Å². The first-order valence-electron chi connectivity index (χ1n) is 9.20. The Hall–Kier alpha value is -2.61. The minimum absolute atomic E-state index is 0.0468. The number of carbonyl (C=O) groups is 1. The fourth-order valence-corrected chi connectivity index (χ4v) is 4.28. The molecule has 0 aliphatic heterocycles. The van der Waals surface area contributed by atoms with E-state index in [1.165, 1.54) is 12.1 Å². The second-order valence-electron chi connectivity index (χ2n) is 6.90. The molecular weight excluding hydrogens is 462 g/mol. The normalized spacial score (nSPS) is 11.2. The van der Waals surface area contributed by atoms with Crippen molar-refractivity contribution in [2.45, 2.75) is 17.9 Å². The van der Waals surface area contributed by atoms with Crippen LogP contribution in [0.4, 0.5) is 10.1 Å². The monoisotopic (exact) mass is 480 g/mol. The zero-order valence-corrected chi connectivity index (χ0v) is 18.8. The van der Waals surface area contributed by atoms with Gasteiger partial charge in [0, 0.05) is 19.3 Å². The second kappa shape index (κ2) is 9.68. The predicted molar refractivity (Wildman–Crippen MR) is 120 cm³/mol. The highest BCUT2D eigenvalue weighted by Crippen LogP contribution is 2.26. The molecule has 0 aliphatic rings. The van der Waals surface area contributed by atoms with Crippen molar-refractivity contribution in [2.75, 3.05) is 11.8 Å². The van der Waals surface area contributed by atoms with Crippen molar-refractivity contribution in [3.05, 3.63) is 93.7 Å². The predicted octanol–water partition coefficient (Wildman–Crippen LogP) is 5.13. The molecule has 0 heterocycles. The van der Waals surface area contributed by atoms with Crippen molar-refractivity contribution in [1.82, 2.24) is 4.90 Å².